The van der Waals surface area contributed by atoms with Crippen LogP contribution >= 0.6 is 23.2 Å². The van der Waals surface area contributed by atoms with Gasteiger partial charge in [-0.15, -0.1) is 0 Å². The lowest BCUT2D eigenvalue weighted by molar-refractivity contribution is -0.121. The van der Waals surface area contributed by atoms with Crippen LogP contribution in [0.25, 0.3) is 33.6 Å². The number of nitrogens with zero attached hydrogens (tertiary/aromatic N) is 4. The number of rotatable bonds is 9. The topological polar surface area (TPSA) is 109 Å². The number of ether oxygens (including phenoxy) is 2. The number of methoxy groups -OCH3 is 2. The summed E-state index contributed by atoms with van der Waals surface area (Å²) in [6.45, 7) is 5.57. The molecule has 264 valence electrons. The van der Waals surface area contributed by atoms with Crippen molar-refractivity contribution in [2.24, 2.45) is 10.8 Å². The third-order valence-electron chi connectivity index (χ3n) is 10.6. The molecule has 4 saturated heterocycles. The minimum atomic E-state index is -0.419. The molecule has 0 atom stereocenters. The van der Waals surface area contributed by atoms with Crippen molar-refractivity contribution in [3.63, 3.8) is 0 Å². The Bertz CT molecular complexity index is 2070. The number of carbonyl (C=O) groups excluding carboxylic acids is 2. The highest BCUT2D eigenvalue weighted by molar-refractivity contribution is 6.39. The molecule has 2 aromatic carbocycles. The largest absolute Gasteiger partial charge is 0.496 e. The molecule has 2 spiro atoms. The molecule has 6 heterocycles. The van der Waals surface area contributed by atoms with Gasteiger partial charge in [0.15, 0.2) is 0 Å². The zero-order valence-electron chi connectivity index (χ0n) is 28.3. The van der Waals surface area contributed by atoms with Crippen LogP contribution in [0.4, 0.5) is 4.39 Å². The van der Waals surface area contributed by atoms with Gasteiger partial charge in [0.05, 0.1) is 35.7 Å². The summed E-state index contributed by atoms with van der Waals surface area (Å²) >= 11 is 14.1. The average Bonchev–Trinajstić information content (AvgIpc) is 3.68. The first-order valence-electron chi connectivity index (χ1n) is 16.9. The van der Waals surface area contributed by atoms with E-state index in [0.717, 1.165) is 38.3 Å². The van der Waals surface area contributed by atoms with Crippen LogP contribution in [0.1, 0.15) is 24.0 Å². The van der Waals surface area contributed by atoms with Gasteiger partial charge in [-0.3, -0.25) is 24.4 Å². The number of likely N-dealkylation sites (tertiary alicyclic amines) is 2. The maximum Gasteiger partial charge on any atom is 0.220 e. The standard InChI is InChI=1S/C38H37Cl2FN6O4/c1-50-30-11-23(10-28(41)27(30)15-47-20-38(21-47)13-32(49)44-17-38)35-34(40)25(8-9-42-35)24-4-3-5-26(33(24)39)29-7-6-22(36(45-29)51-2)14-46-18-37(19-46)12-31(48)43-16-37/h3-11H,12-21H2,1-2H3,(H,43,48)(H,44,49). The molecule has 2 aromatic heterocycles. The molecule has 0 bridgehead atoms. The number of nitrogens with one attached hydrogen (secondary N) is 2. The van der Waals surface area contributed by atoms with Gasteiger partial charge in [-0.05, 0) is 24.3 Å². The highest BCUT2D eigenvalue weighted by Crippen LogP contribution is 2.44. The molecular formula is C38H37Cl2FN6O4. The van der Waals surface area contributed by atoms with Crippen molar-refractivity contribution in [1.29, 1.82) is 0 Å². The first kappa shape index (κ1) is 33.8. The molecule has 13 heteroatoms. The lowest BCUT2D eigenvalue weighted by Gasteiger charge is -2.47. The Labute approximate surface area is 305 Å². The van der Waals surface area contributed by atoms with Gasteiger partial charge in [0.25, 0.3) is 0 Å². The fraction of sp³-hybridized carbons (Fsp3) is 0.368. The first-order valence-corrected chi connectivity index (χ1v) is 17.7. The third kappa shape index (κ3) is 6.20. The van der Waals surface area contributed by atoms with Crippen LogP contribution in [0.3, 0.4) is 0 Å². The van der Waals surface area contributed by atoms with E-state index in [1.165, 1.54) is 13.2 Å². The molecule has 4 aliphatic heterocycles. The number of halogens is 3. The summed E-state index contributed by atoms with van der Waals surface area (Å²) in [4.78, 5) is 37.3. The maximum absolute atomic E-state index is 15.8. The van der Waals surface area contributed by atoms with Gasteiger partial charge in [0.1, 0.15) is 11.6 Å². The van der Waals surface area contributed by atoms with Gasteiger partial charge < -0.3 is 20.1 Å². The zero-order valence-corrected chi connectivity index (χ0v) is 29.8. The van der Waals surface area contributed by atoms with E-state index in [-0.39, 0.29) is 22.6 Å². The monoisotopic (exact) mass is 730 g/mol. The lowest BCUT2D eigenvalue weighted by Crippen LogP contribution is -2.56. The van der Waals surface area contributed by atoms with Crippen LogP contribution in [0.2, 0.25) is 10.0 Å². The van der Waals surface area contributed by atoms with E-state index in [2.05, 4.69) is 25.4 Å². The summed E-state index contributed by atoms with van der Waals surface area (Å²) in [7, 11) is 3.12. The van der Waals surface area contributed by atoms with E-state index in [9.17, 15) is 9.59 Å². The molecule has 4 aliphatic rings. The minimum absolute atomic E-state index is 0.0403. The average molecular weight is 732 g/mol. The van der Waals surface area contributed by atoms with Gasteiger partial charge in [0.2, 0.25) is 17.7 Å². The summed E-state index contributed by atoms with van der Waals surface area (Å²) in [6, 6.07) is 14.6. The van der Waals surface area contributed by atoms with Crippen molar-refractivity contribution in [2.45, 2.75) is 25.9 Å². The Morgan fingerprint density at radius 3 is 2.10 bits per heavy atom. The molecule has 8 rings (SSSR count). The number of aromatic nitrogens is 2. The van der Waals surface area contributed by atoms with E-state index >= 15 is 4.39 Å². The second kappa shape index (κ2) is 13.0. The van der Waals surface area contributed by atoms with Crippen LogP contribution in [-0.4, -0.2) is 85.1 Å². The third-order valence-corrected chi connectivity index (χ3v) is 11.4. The van der Waals surface area contributed by atoms with E-state index in [1.54, 1.807) is 25.4 Å². The molecule has 10 nitrogen and oxygen atoms in total. The van der Waals surface area contributed by atoms with Crippen LogP contribution in [0.5, 0.6) is 11.6 Å². The second-order valence-electron chi connectivity index (χ2n) is 14.4. The Kier molecular flexibility index (Phi) is 8.65. The Balaban J connectivity index is 1.03. The number of benzene rings is 2. The number of amides is 2. The van der Waals surface area contributed by atoms with Crippen LogP contribution in [-0.2, 0) is 22.7 Å². The van der Waals surface area contributed by atoms with E-state index < -0.39 is 5.82 Å². The van der Waals surface area contributed by atoms with Crippen molar-refractivity contribution in [2.75, 3.05) is 53.5 Å². The predicted molar refractivity (Wildman–Crippen MR) is 192 cm³/mol. The number of hydrogen-bond acceptors (Lipinski definition) is 8. The first-order chi connectivity index (χ1) is 24.6. The van der Waals surface area contributed by atoms with Gasteiger partial charge in [-0.2, -0.15) is 0 Å². The number of hydrogen-bond donors (Lipinski definition) is 2. The Morgan fingerprint density at radius 1 is 0.824 bits per heavy atom. The van der Waals surface area contributed by atoms with Crippen LogP contribution < -0.4 is 20.1 Å². The number of pyridine rings is 2. The molecule has 2 amide bonds. The van der Waals surface area contributed by atoms with E-state index in [1.807, 2.05) is 30.3 Å². The summed E-state index contributed by atoms with van der Waals surface area (Å²) in [5.74, 6) is 0.690. The highest BCUT2D eigenvalue weighted by Gasteiger charge is 2.49. The second-order valence-corrected chi connectivity index (χ2v) is 15.1. The normalized spacial score (nSPS) is 19.2. The Morgan fingerprint density at radius 2 is 1.47 bits per heavy atom. The summed E-state index contributed by atoms with van der Waals surface area (Å²) in [5, 5.41) is 6.63. The lowest BCUT2D eigenvalue weighted by atomic mass is 9.78. The van der Waals surface area contributed by atoms with Crippen molar-refractivity contribution in [1.82, 2.24) is 30.4 Å². The minimum Gasteiger partial charge on any atom is -0.496 e. The van der Waals surface area contributed by atoms with Crippen molar-refractivity contribution >= 4 is 35.0 Å². The molecule has 0 saturated carbocycles. The molecule has 0 unspecified atom stereocenters. The summed E-state index contributed by atoms with van der Waals surface area (Å²) in [6.07, 6.45) is 2.72. The molecule has 0 radical (unpaired) electrons. The van der Waals surface area contributed by atoms with Crippen LogP contribution in [0, 0.1) is 16.6 Å². The summed E-state index contributed by atoms with van der Waals surface area (Å²) in [5.41, 5.74) is 4.91. The van der Waals surface area contributed by atoms with Crippen LogP contribution in [0.15, 0.2) is 54.7 Å². The predicted octanol–water partition coefficient (Wildman–Crippen LogP) is 5.58. The van der Waals surface area contributed by atoms with Crippen molar-refractivity contribution in [3.05, 3.63) is 81.7 Å². The van der Waals surface area contributed by atoms with Gasteiger partial charge in [-0.25, -0.2) is 9.37 Å². The van der Waals surface area contributed by atoms with Gasteiger partial charge in [-0.1, -0.05) is 47.5 Å². The quantitative estimate of drug-likeness (QED) is 0.230. The molecular weight excluding hydrogens is 694 g/mol. The fourth-order valence-electron chi connectivity index (χ4n) is 8.23. The molecule has 2 N–H and O–H groups in total. The van der Waals surface area contributed by atoms with Crippen molar-refractivity contribution in [3.8, 4) is 45.3 Å². The Hall–Kier alpha value is -4.29. The molecule has 0 aliphatic carbocycles. The smallest absolute Gasteiger partial charge is 0.220 e. The van der Waals surface area contributed by atoms with Gasteiger partial charge >= 0.3 is 0 Å². The van der Waals surface area contributed by atoms with Gasteiger partial charge in [0, 0.05) is 116 Å². The fourth-order valence-corrected chi connectivity index (χ4v) is 8.88. The number of carbonyl (C=O) groups is 2. The summed E-state index contributed by atoms with van der Waals surface area (Å²) < 4.78 is 27.1. The molecule has 4 fully saturated rings. The molecule has 51 heavy (non-hydrogen) atoms. The maximum atomic E-state index is 15.8. The SMILES string of the molecule is COc1cc(-c2nccc(-c3cccc(-c4ccc(CN5CC6(CNC(=O)C6)C5)c(OC)n4)c3Cl)c2Cl)cc(F)c1CN1CC2(CNC(=O)C2)C1. The van der Waals surface area contributed by atoms with E-state index in [4.69, 9.17) is 37.7 Å². The molecule has 4 aromatic rings. The van der Waals surface area contributed by atoms with E-state index in [0.29, 0.717) is 93.4 Å². The van der Waals surface area contributed by atoms with Crippen molar-refractivity contribution < 1.29 is 23.5 Å². The zero-order chi connectivity index (χ0) is 35.5. The highest BCUT2D eigenvalue weighted by atomic mass is 35.5.